The fraction of sp³-hybridized carbons (Fsp3) is 0.714. The summed E-state index contributed by atoms with van der Waals surface area (Å²) in [5.74, 6) is 0.0309. The van der Waals surface area contributed by atoms with Gasteiger partial charge in [-0.15, -0.1) is 11.3 Å². The molecule has 1 aromatic heterocycles. The third kappa shape index (κ3) is 4.06. The fourth-order valence-corrected chi connectivity index (χ4v) is 5.09. The van der Waals surface area contributed by atoms with Gasteiger partial charge in [-0.2, -0.15) is 0 Å². The Morgan fingerprint density at radius 3 is 2.15 bits per heavy atom. The highest BCUT2D eigenvalue weighted by Crippen LogP contribution is 2.68. The van der Waals surface area contributed by atoms with Gasteiger partial charge in [-0.3, -0.25) is 9.59 Å². The molecule has 0 bridgehead atoms. The normalized spacial score (nSPS) is 19.0. The number of carbonyl (C=O) groups is 2. The number of carbonyl (C=O) groups excluding carboxylic acids is 2. The van der Waals surface area contributed by atoms with E-state index >= 15 is 0 Å². The van der Waals surface area contributed by atoms with E-state index in [1.807, 2.05) is 13.8 Å². The number of nitrogens with one attached hydrogen (secondary N) is 2. The van der Waals surface area contributed by atoms with Gasteiger partial charge in [-0.05, 0) is 42.6 Å². The average Bonchev–Trinajstić information content (AvgIpc) is 2.76. The summed E-state index contributed by atoms with van der Waals surface area (Å²) in [7, 11) is 0. The summed E-state index contributed by atoms with van der Waals surface area (Å²) in [4.78, 5) is 26.8. The van der Waals surface area contributed by atoms with Gasteiger partial charge in [0.1, 0.15) is 5.00 Å². The number of amides is 2. The van der Waals surface area contributed by atoms with Gasteiger partial charge < -0.3 is 15.7 Å². The van der Waals surface area contributed by atoms with Gasteiger partial charge in [0.05, 0.1) is 18.2 Å². The Balaban J connectivity index is 2.21. The third-order valence-corrected chi connectivity index (χ3v) is 7.57. The first-order chi connectivity index (χ1) is 12.3. The summed E-state index contributed by atoms with van der Waals surface area (Å²) < 4.78 is 0. The van der Waals surface area contributed by atoms with E-state index in [-0.39, 0.29) is 41.2 Å². The number of hydrogen-bond acceptors (Lipinski definition) is 4. The molecule has 2 rings (SSSR count). The Labute approximate surface area is 166 Å². The first-order valence-corrected chi connectivity index (χ1v) is 10.5. The van der Waals surface area contributed by atoms with Crippen LogP contribution in [0.4, 0.5) is 5.00 Å². The van der Waals surface area contributed by atoms with Crippen LogP contribution in [0.1, 0.15) is 68.8 Å². The SMILES string of the molecule is Cc1sc(NC(=O)C2C(C)(C)C2(C)C)c(C(=O)N[C@H](CO)CC(C)C)c1C. The zero-order valence-electron chi connectivity index (χ0n) is 17.8. The Hall–Kier alpha value is -1.40. The van der Waals surface area contributed by atoms with Crippen LogP contribution in [0.15, 0.2) is 0 Å². The molecule has 1 aliphatic rings. The van der Waals surface area contributed by atoms with Gasteiger partial charge in [-0.1, -0.05) is 41.5 Å². The maximum absolute atomic E-state index is 12.9. The third-order valence-electron chi connectivity index (χ3n) is 6.44. The van der Waals surface area contributed by atoms with Crippen molar-refractivity contribution >= 4 is 28.2 Å². The van der Waals surface area contributed by atoms with Crippen molar-refractivity contribution in [3.05, 3.63) is 16.0 Å². The lowest BCUT2D eigenvalue weighted by atomic mass is 10.0. The van der Waals surface area contributed by atoms with Gasteiger partial charge in [0.15, 0.2) is 0 Å². The van der Waals surface area contributed by atoms with Gasteiger partial charge >= 0.3 is 0 Å². The molecule has 152 valence electrons. The quantitative estimate of drug-likeness (QED) is 0.651. The van der Waals surface area contributed by atoms with Crippen LogP contribution in [-0.4, -0.2) is 29.6 Å². The molecular formula is C21H34N2O3S. The van der Waals surface area contributed by atoms with Crippen molar-refractivity contribution in [2.75, 3.05) is 11.9 Å². The molecule has 0 aliphatic heterocycles. The van der Waals surface area contributed by atoms with E-state index in [9.17, 15) is 14.7 Å². The average molecular weight is 395 g/mol. The summed E-state index contributed by atoms with van der Waals surface area (Å²) in [5.41, 5.74) is 1.29. The van der Waals surface area contributed by atoms with Crippen molar-refractivity contribution < 1.29 is 14.7 Å². The van der Waals surface area contributed by atoms with E-state index in [1.54, 1.807) is 0 Å². The zero-order valence-corrected chi connectivity index (χ0v) is 18.6. The van der Waals surface area contributed by atoms with Crippen molar-refractivity contribution in [2.45, 2.75) is 67.9 Å². The van der Waals surface area contributed by atoms with Crippen LogP contribution in [0.5, 0.6) is 0 Å². The molecule has 6 heteroatoms. The number of aliphatic hydroxyl groups is 1. The molecule has 27 heavy (non-hydrogen) atoms. The monoisotopic (exact) mass is 394 g/mol. The molecular weight excluding hydrogens is 360 g/mol. The lowest BCUT2D eigenvalue weighted by molar-refractivity contribution is -0.118. The minimum Gasteiger partial charge on any atom is -0.394 e. The van der Waals surface area contributed by atoms with E-state index in [0.29, 0.717) is 22.9 Å². The minimum atomic E-state index is -0.290. The molecule has 1 aromatic rings. The van der Waals surface area contributed by atoms with E-state index in [0.717, 1.165) is 10.4 Å². The summed E-state index contributed by atoms with van der Waals surface area (Å²) in [6.07, 6.45) is 0.705. The molecule has 0 aromatic carbocycles. The molecule has 0 saturated heterocycles. The number of aliphatic hydroxyl groups excluding tert-OH is 1. The van der Waals surface area contributed by atoms with E-state index in [4.69, 9.17) is 0 Å². The second-order valence-corrected chi connectivity index (χ2v) is 10.6. The van der Waals surface area contributed by atoms with Crippen molar-refractivity contribution in [1.29, 1.82) is 0 Å². The van der Waals surface area contributed by atoms with Crippen LogP contribution in [0, 0.1) is 36.5 Å². The summed E-state index contributed by atoms with van der Waals surface area (Å²) in [5, 5.41) is 16.1. The van der Waals surface area contributed by atoms with Crippen molar-refractivity contribution in [2.24, 2.45) is 22.7 Å². The predicted octanol–water partition coefficient (Wildman–Crippen LogP) is 4.12. The fourth-order valence-electron chi connectivity index (χ4n) is 4.03. The van der Waals surface area contributed by atoms with Crippen molar-refractivity contribution in [3.63, 3.8) is 0 Å². The highest BCUT2D eigenvalue weighted by molar-refractivity contribution is 7.16. The number of thiophene rings is 1. The maximum Gasteiger partial charge on any atom is 0.254 e. The lowest BCUT2D eigenvalue weighted by Gasteiger charge is -2.19. The first kappa shape index (κ1) is 21.9. The Bertz CT molecular complexity index is 720. The maximum atomic E-state index is 12.9. The molecule has 5 nitrogen and oxygen atoms in total. The van der Waals surface area contributed by atoms with Gasteiger partial charge in [0.25, 0.3) is 5.91 Å². The number of aryl methyl sites for hydroxylation is 1. The zero-order chi connectivity index (χ0) is 20.7. The van der Waals surface area contributed by atoms with Crippen LogP contribution < -0.4 is 10.6 Å². The largest absolute Gasteiger partial charge is 0.394 e. The molecule has 3 N–H and O–H groups in total. The Kier molecular flexibility index (Phi) is 6.12. The first-order valence-electron chi connectivity index (χ1n) is 9.67. The molecule has 0 unspecified atom stereocenters. The number of anilines is 1. The standard InChI is InChI=1S/C21H34N2O3S/c1-11(2)9-14(10-24)22-17(25)15-12(3)13(4)27-19(15)23-18(26)16-20(5,6)21(16,7)8/h11,14,16,24H,9-10H2,1-8H3,(H,22,25)(H,23,26)/t14-/m0/s1. The molecule has 1 fully saturated rings. The van der Waals surface area contributed by atoms with Gasteiger partial charge in [-0.25, -0.2) is 0 Å². The highest BCUT2D eigenvalue weighted by Gasteiger charge is 2.68. The Morgan fingerprint density at radius 1 is 1.15 bits per heavy atom. The summed E-state index contributed by atoms with van der Waals surface area (Å²) >= 11 is 1.44. The summed E-state index contributed by atoms with van der Waals surface area (Å²) in [6, 6.07) is -0.290. The molecule has 1 aliphatic carbocycles. The molecule has 1 saturated carbocycles. The van der Waals surface area contributed by atoms with Crippen LogP contribution in [0.2, 0.25) is 0 Å². The Morgan fingerprint density at radius 2 is 1.70 bits per heavy atom. The van der Waals surface area contributed by atoms with Crippen LogP contribution in [0.3, 0.4) is 0 Å². The second-order valence-electron chi connectivity index (χ2n) is 9.34. The lowest BCUT2D eigenvalue weighted by Crippen LogP contribution is -2.39. The van der Waals surface area contributed by atoms with E-state index < -0.39 is 0 Å². The van der Waals surface area contributed by atoms with E-state index in [2.05, 4.69) is 52.2 Å². The molecule has 1 heterocycles. The van der Waals surface area contributed by atoms with Crippen LogP contribution in [0.25, 0.3) is 0 Å². The predicted molar refractivity (Wildman–Crippen MR) is 111 cm³/mol. The van der Waals surface area contributed by atoms with Gasteiger partial charge in [0.2, 0.25) is 5.91 Å². The summed E-state index contributed by atoms with van der Waals surface area (Å²) in [6.45, 7) is 16.3. The smallest absolute Gasteiger partial charge is 0.254 e. The van der Waals surface area contributed by atoms with Crippen molar-refractivity contribution in [1.82, 2.24) is 5.32 Å². The molecule has 2 amide bonds. The highest BCUT2D eigenvalue weighted by atomic mass is 32.1. The molecule has 0 radical (unpaired) electrons. The van der Waals surface area contributed by atoms with Gasteiger partial charge in [0, 0.05) is 10.8 Å². The van der Waals surface area contributed by atoms with Crippen LogP contribution >= 0.6 is 11.3 Å². The molecule has 1 atom stereocenters. The van der Waals surface area contributed by atoms with Crippen molar-refractivity contribution in [3.8, 4) is 0 Å². The number of hydrogen-bond donors (Lipinski definition) is 3. The van der Waals surface area contributed by atoms with Crippen LogP contribution in [-0.2, 0) is 4.79 Å². The topological polar surface area (TPSA) is 78.4 Å². The number of rotatable bonds is 7. The minimum absolute atomic E-state index is 0.0267. The molecule has 0 spiro atoms. The van der Waals surface area contributed by atoms with E-state index in [1.165, 1.54) is 11.3 Å². The second kappa shape index (κ2) is 7.55.